The number of nitrogens with zero attached hydrogens (tertiary/aromatic N) is 1. The van der Waals surface area contributed by atoms with Crippen molar-refractivity contribution < 1.29 is 18.6 Å². The van der Waals surface area contributed by atoms with Gasteiger partial charge < -0.3 is 15.2 Å². The lowest BCUT2D eigenvalue weighted by Crippen LogP contribution is -2.45. The van der Waals surface area contributed by atoms with Gasteiger partial charge in [0.05, 0.1) is 7.11 Å². The Kier molecular flexibility index (Phi) is 7.14. The summed E-state index contributed by atoms with van der Waals surface area (Å²) in [6.07, 6.45) is -2.58. The minimum atomic E-state index is -2.37. The maximum Gasteiger partial charge on any atom is 0.240 e. The van der Waals surface area contributed by atoms with E-state index in [4.69, 9.17) is 4.74 Å². The van der Waals surface area contributed by atoms with Crippen molar-refractivity contribution in [2.45, 2.75) is 18.9 Å². The van der Waals surface area contributed by atoms with Crippen molar-refractivity contribution in [1.29, 1.82) is 0 Å². The fraction of sp³-hybridized carbons (Fsp3) is 0.571. The van der Waals surface area contributed by atoms with Crippen molar-refractivity contribution in [3.63, 3.8) is 0 Å². The van der Waals surface area contributed by atoms with E-state index >= 15 is 0 Å². The zero-order valence-corrected chi connectivity index (χ0v) is 12.7. The maximum absolute atomic E-state index is 12.9. The SMILES string of the molecule is COc1cc([C@H](CC(F)F)N2CCNCC2)ccc1O.Cl. The predicted molar refractivity (Wildman–Crippen MR) is 79.7 cm³/mol. The third-order valence-corrected chi connectivity index (χ3v) is 3.58. The normalized spacial score (nSPS) is 17.3. The highest BCUT2D eigenvalue weighted by molar-refractivity contribution is 5.85. The number of ether oxygens (including phenoxy) is 1. The topological polar surface area (TPSA) is 44.7 Å². The van der Waals surface area contributed by atoms with Crippen LogP contribution in [0.2, 0.25) is 0 Å². The summed E-state index contributed by atoms with van der Waals surface area (Å²) < 4.78 is 30.8. The number of piperazine rings is 1. The molecule has 1 aromatic carbocycles. The van der Waals surface area contributed by atoms with E-state index in [1.54, 1.807) is 12.1 Å². The highest BCUT2D eigenvalue weighted by Gasteiger charge is 2.26. The number of benzene rings is 1. The Morgan fingerprint density at radius 2 is 2.00 bits per heavy atom. The monoisotopic (exact) mass is 322 g/mol. The van der Waals surface area contributed by atoms with Crippen LogP contribution in [0.1, 0.15) is 18.0 Å². The molecule has 1 saturated heterocycles. The molecule has 4 nitrogen and oxygen atoms in total. The number of methoxy groups -OCH3 is 1. The quantitative estimate of drug-likeness (QED) is 0.874. The Balaban J connectivity index is 0.00000220. The van der Waals surface area contributed by atoms with E-state index in [1.807, 2.05) is 0 Å². The van der Waals surface area contributed by atoms with Crippen molar-refractivity contribution in [2.75, 3.05) is 33.3 Å². The first-order chi connectivity index (χ1) is 9.61. The summed E-state index contributed by atoms with van der Waals surface area (Å²) in [6, 6.07) is 4.47. The van der Waals surface area contributed by atoms with E-state index in [1.165, 1.54) is 13.2 Å². The lowest BCUT2D eigenvalue weighted by atomic mass is 10.0. The van der Waals surface area contributed by atoms with Gasteiger partial charge in [-0.1, -0.05) is 6.07 Å². The van der Waals surface area contributed by atoms with Crippen molar-refractivity contribution in [3.8, 4) is 11.5 Å². The molecular formula is C14H21ClF2N2O2. The van der Waals surface area contributed by atoms with Crippen LogP contribution in [0.25, 0.3) is 0 Å². The lowest BCUT2D eigenvalue weighted by Gasteiger charge is -2.35. The minimum Gasteiger partial charge on any atom is -0.504 e. The Hall–Kier alpha value is -1.11. The van der Waals surface area contributed by atoms with Crippen LogP contribution in [0.15, 0.2) is 18.2 Å². The molecule has 1 aliphatic rings. The number of nitrogens with one attached hydrogen (secondary N) is 1. The average Bonchev–Trinajstić information content (AvgIpc) is 2.46. The van der Waals surface area contributed by atoms with Gasteiger partial charge in [-0.05, 0) is 17.7 Å². The molecule has 0 saturated carbocycles. The highest BCUT2D eigenvalue weighted by atomic mass is 35.5. The van der Waals surface area contributed by atoms with E-state index in [9.17, 15) is 13.9 Å². The molecular weight excluding hydrogens is 302 g/mol. The van der Waals surface area contributed by atoms with Gasteiger partial charge in [-0.15, -0.1) is 12.4 Å². The van der Waals surface area contributed by atoms with Gasteiger partial charge in [0.15, 0.2) is 11.5 Å². The second-order valence-electron chi connectivity index (χ2n) is 4.86. The number of rotatable bonds is 5. The molecule has 21 heavy (non-hydrogen) atoms. The molecule has 1 atom stereocenters. The first kappa shape index (κ1) is 17.9. The molecule has 1 fully saturated rings. The smallest absolute Gasteiger partial charge is 0.240 e. The molecule has 1 aromatic rings. The van der Waals surface area contributed by atoms with Crippen LogP contribution in [-0.4, -0.2) is 49.7 Å². The Morgan fingerprint density at radius 1 is 1.33 bits per heavy atom. The van der Waals surface area contributed by atoms with Gasteiger partial charge in [0.1, 0.15) is 0 Å². The number of alkyl halides is 2. The summed E-state index contributed by atoms with van der Waals surface area (Å²) in [5, 5.41) is 12.8. The molecule has 0 bridgehead atoms. The van der Waals surface area contributed by atoms with Crippen LogP contribution in [0, 0.1) is 0 Å². The molecule has 1 aliphatic heterocycles. The van der Waals surface area contributed by atoms with Gasteiger partial charge >= 0.3 is 0 Å². The van der Waals surface area contributed by atoms with Crippen molar-refractivity contribution in [2.24, 2.45) is 0 Å². The standard InChI is InChI=1S/C14H20F2N2O2.ClH/c1-20-13-8-10(2-3-12(13)19)11(9-14(15)16)18-6-4-17-5-7-18;/h2-3,8,11,14,17,19H,4-7,9H2,1H3;1H/t11-;/m0./s1. The first-order valence-electron chi connectivity index (χ1n) is 6.71. The molecule has 0 spiro atoms. The summed E-state index contributed by atoms with van der Waals surface area (Å²) in [5.41, 5.74) is 0.752. The van der Waals surface area contributed by atoms with E-state index in [-0.39, 0.29) is 30.6 Å². The summed E-state index contributed by atoms with van der Waals surface area (Å²) >= 11 is 0. The van der Waals surface area contributed by atoms with E-state index < -0.39 is 6.43 Å². The molecule has 0 amide bonds. The van der Waals surface area contributed by atoms with Crippen molar-refractivity contribution in [1.82, 2.24) is 10.2 Å². The van der Waals surface area contributed by atoms with E-state index in [0.29, 0.717) is 5.75 Å². The second-order valence-corrected chi connectivity index (χ2v) is 4.86. The fourth-order valence-electron chi connectivity index (χ4n) is 2.56. The summed E-state index contributed by atoms with van der Waals surface area (Å²) in [7, 11) is 1.45. The minimum absolute atomic E-state index is 0. The number of phenolic OH excluding ortho intramolecular Hbond substituents is 1. The number of halogens is 3. The van der Waals surface area contributed by atoms with Crippen LogP contribution in [0.3, 0.4) is 0 Å². The Bertz CT molecular complexity index is 443. The van der Waals surface area contributed by atoms with Crippen LogP contribution in [0.5, 0.6) is 11.5 Å². The van der Waals surface area contributed by atoms with Gasteiger partial charge in [-0.3, -0.25) is 4.90 Å². The summed E-state index contributed by atoms with van der Waals surface area (Å²) in [5.74, 6) is 0.337. The lowest BCUT2D eigenvalue weighted by molar-refractivity contribution is 0.0738. The van der Waals surface area contributed by atoms with E-state index in [2.05, 4.69) is 10.2 Å². The largest absolute Gasteiger partial charge is 0.504 e. The number of aromatic hydroxyl groups is 1. The maximum atomic E-state index is 12.9. The number of hydrogen-bond acceptors (Lipinski definition) is 4. The molecule has 2 rings (SSSR count). The molecule has 1 heterocycles. The zero-order valence-electron chi connectivity index (χ0n) is 11.9. The summed E-state index contributed by atoms with van der Waals surface area (Å²) in [6.45, 7) is 3.07. The Labute approximate surface area is 129 Å². The summed E-state index contributed by atoms with van der Waals surface area (Å²) in [4.78, 5) is 2.05. The molecule has 7 heteroatoms. The highest BCUT2D eigenvalue weighted by Crippen LogP contribution is 2.34. The van der Waals surface area contributed by atoms with Crippen LogP contribution in [0.4, 0.5) is 8.78 Å². The van der Waals surface area contributed by atoms with Gasteiger partial charge in [0, 0.05) is 38.6 Å². The van der Waals surface area contributed by atoms with Gasteiger partial charge in [-0.25, -0.2) is 8.78 Å². The van der Waals surface area contributed by atoms with Crippen LogP contribution < -0.4 is 10.1 Å². The average molecular weight is 323 g/mol. The van der Waals surface area contributed by atoms with Gasteiger partial charge in [0.25, 0.3) is 0 Å². The molecule has 0 radical (unpaired) electrons. The van der Waals surface area contributed by atoms with Crippen LogP contribution >= 0.6 is 12.4 Å². The molecule has 2 N–H and O–H groups in total. The third-order valence-electron chi connectivity index (χ3n) is 3.58. The van der Waals surface area contributed by atoms with Gasteiger partial charge in [0.2, 0.25) is 6.43 Å². The molecule has 0 aliphatic carbocycles. The Morgan fingerprint density at radius 3 is 2.57 bits per heavy atom. The third kappa shape index (κ3) is 4.69. The van der Waals surface area contributed by atoms with Crippen LogP contribution in [-0.2, 0) is 0 Å². The van der Waals surface area contributed by atoms with Gasteiger partial charge in [-0.2, -0.15) is 0 Å². The van der Waals surface area contributed by atoms with Crippen molar-refractivity contribution >= 4 is 12.4 Å². The van der Waals surface area contributed by atoms with E-state index in [0.717, 1.165) is 31.7 Å². The molecule has 120 valence electrons. The molecule has 0 unspecified atom stereocenters. The second kappa shape index (κ2) is 8.36. The zero-order chi connectivity index (χ0) is 14.5. The number of hydrogen-bond donors (Lipinski definition) is 2. The molecule has 0 aromatic heterocycles. The van der Waals surface area contributed by atoms with Crippen molar-refractivity contribution in [3.05, 3.63) is 23.8 Å². The predicted octanol–water partition coefficient (Wildman–Crippen LogP) is 2.42. The fourth-order valence-corrected chi connectivity index (χ4v) is 2.56. The first-order valence-corrected chi connectivity index (χ1v) is 6.71. The number of phenols is 1.